The summed E-state index contributed by atoms with van der Waals surface area (Å²) < 4.78 is 29.4. The summed E-state index contributed by atoms with van der Waals surface area (Å²) in [6, 6.07) is 7.67. The molecule has 206 valence electrons. The predicted molar refractivity (Wildman–Crippen MR) is 142 cm³/mol. The van der Waals surface area contributed by atoms with E-state index < -0.39 is 12.4 Å². The van der Waals surface area contributed by atoms with Gasteiger partial charge in [0.2, 0.25) is 6.29 Å². The molecule has 4 rings (SSSR count). The van der Waals surface area contributed by atoms with Gasteiger partial charge in [-0.25, -0.2) is 4.79 Å². The van der Waals surface area contributed by atoms with Crippen molar-refractivity contribution in [2.45, 2.75) is 97.1 Å². The molecule has 8 nitrogen and oxygen atoms in total. The highest BCUT2D eigenvalue weighted by atomic mass is 16.8. The van der Waals surface area contributed by atoms with Crippen molar-refractivity contribution in [2.24, 2.45) is 0 Å². The van der Waals surface area contributed by atoms with Gasteiger partial charge in [-0.15, -0.1) is 0 Å². The maximum absolute atomic E-state index is 12.1. The molecule has 1 heterocycles. The number of Topliss-reactive ketones (excluding diaryl/α,β-unsaturated/α-hetero) is 1. The zero-order valence-electron chi connectivity index (χ0n) is 22.7. The zero-order valence-corrected chi connectivity index (χ0v) is 22.7. The molecule has 1 aliphatic heterocycles. The van der Waals surface area contributed by atoms with Crippen LogP contribution in [0.25, 0.3) is 0 Å². The first kappa shape index (κ1) is 27.6. The minimum Gasteiger partial charge on any atom is -0.496 e. The summed E-state index contributed by atoms with van der Waals surface area (Å²) in [6.07, 6.45) is 4.76. The van der Waals surface area contributed by atoms with Crippen molar-refractivity contribution >= 4 is 11.9 Å². The second-order valence-electron chi connectivity index (χ2n) is 9.97. The van der Waals surface area contributed by atoms with Gasteiger partial charge >= 0.3 is 6.16 Å². The number of rotatable bonds is 11. The van der Waals surface area contributed by atoms with Crippen molar-refractivity contribution in [1.82, 2.24) is 0 Å². The Morgan fingerprint density at radius 2 is 1.58 bits per heavy atom. The number of ether oxygens (including phenoxy) is 5. The molecule has 1 N–H and O–H groups in total. The fraction of sp³-hybridized carbons (Fsp3) is 0.533. The average molecular weight is 527 g/mol. The van der Waals surface area contributed by atoms with Crippen LogP contribution in [-0.2, 0) is 24.0 Å². The summed E-state index contributed by atoms with van der Waals surface area (Å²) in [4.78, 5) is 23.1. The molecule has 38 heavy (non-hydrogen) atoms. The SMILES string of the molecule is CCCc1c(OC2CCC(Oc3ccc(C(C)=O)c(OC)c3CCC)C2)ccc2c1OC(OC(=O)O)CC2. The van der Waals surface area contributed by atoms with E-state index in [9.17, 15) is 9.59 Å². The second kappa shape index (κ2) is 12.4. The Morgan fingerprint density at radius 1 is 0.947 bits per heavy atom. The first-order valence-electron chi connectivity index (χ1n) is 13.6. The summed E-state index contributed by atoms with van der Waals surface area (Å²) in [5.74, 6) is 2.79. The van der Waals surface area contributed by atoms with Gasteiger partial charge in [-0.3, -0.25) is 4.79 Å². The van der Waals surface area contributed by atoms with E-state index in [1.165, 1.54) is 0 Å². The highest BCUT2D eigenvalue weighted by Crippen LogP contribution is 2.41. The third-order valence-corrected chi connectivity index (χ3v) is 7.15. The van der Waals surface area contributed by atoms with Crippen molar-refractivity contribution in [1.29, 1.82) is 0 Å². The number of benzene rings is 2. The lowest BCUT2D eigenvalue weighted by Crippen LogP contribution is -2.28. The molecular weight excluding hydrogens is 488 g/mol. The van der Waals surface area contributed by atoms with E-state index in [2.05, 4.69) is 13.8 Å². The van der Waals surface area contributed by atoms with Gasteiger partial charge in [0.05, 0.1) is 12.7 Å². The largest absolute Gasteiger partial charge is 0.508 e. The summed E-state index contributed by atoms with van der Waals surface area (Å²) in [6.45, 7) is 5.73. The van der Waals surface area contributed by atoms with E-state index in [0.717, 1.165) is 73.1 Å². The standard InChI is InChI=1S/C30H38O8/c1-5-7-23-25(14-9-19-10-16-27(37-28(19)23)38-30(32)33)35-20-11-12-21(17-20)36-26-15-13-22(18(3)31)29(34-4)24(26)8-6-2/h9,13-15,20-21,27H,5-8,10-12,16-17H2,1-4H3,(H,32,33). The summed E-state index contributed by atoms with van der Waals surface area (Å²) in [7, 11) is 1.59. The minimum atomic E-state index is -1.34. The van der Waals surface area contributed by atoms with Crippen LogP contribution in [0.5, 0.6) is 23.0 Å². The summed E-state index contributed by atoms with van der Waals surface area (Å²) in [5.41, 5.74) is 3.51. The fourth-order valence-electron chi connectivity index (χ4n) is 5.45. The smallest absolute Gasteiger partial charge is 0.496 e. The minimum absolute atomic E-state index is 0.0136. The van der Waals surface area contributed by atoms with Gasteiger partial charge in [-0.05, 0) is 62.8 Å². The van der Waals surface area contributed by atoms with Gasteiger partial charge in [0.15, 0.2) is 5.78 Å². The Hall–Kier alpha value is -3.42. The molecule has 0 saturated heterocycles. The third-order valence-electron chi connectivity index (χ3n) is 7.15. The van der Waals surface area contributed by atoms with Gasteiger partial charge in [-0.1, -0.05) is 32.8 Å². The van der Waals surface area contributed by atoms with Crippen molar-refractivity contribution in [3.8, 4) is 23.0 Å². The monoisotopic (exact) mass is 526 g/mol. The Bertz CT molecular complexity index is 1160. The molecule has 1 saturated carbocycles. The molecule has 0 aromatic heterocycles. The van der Waals surface area contributed by atoms with Crippen LogP contribution in [0.15, 0.2) is 24.3 Å². The third kappa shape index (κ3) is 6.17. The normalized spacial score (nSPS) is 20.3. The molecule has 1 fully saturated rings. The number of carbonyl (C=O) groups excluding carboxylic acids is 1. The van der Waals surface area contributed by atoms with Crippen LogP contribution in [-0.4, -0.2) is 42.7 Å². The molecule has 3 unspecified atom stereocenters. The Morgan fingerprint density at radius 3 is 2.18 bits per heavy atom. The first-order valence-corrected chi connectivity index (χ1v) is 13.6. The van der Waals surface area contributed by atoms with Crippen molar-refractivity contribution in [3.63, 3.8) is 0 Å². The topological polar surface area (TPSA) is 101 Å². The quantitative estimate of drug-likeness (QED) is 0.261. The molecule has 3 atom stereocenters. The predicted octanol–water partition coefficient (Wildman–Crippen LogP) is 6.53. The molecule has 2 aromatic rings. The number of hydrogen-bond acceptors (Lipinski definition) is 7. The van der Waals surface area contributed by atoms with Crippen molar-refractivity contribution < 1.29 is 38.4 Å². The Kier molecular flexibility index (Phi) is 9.02. The lowest BCUT2D eigenvalue weighted by Gasteiger charge is -2.28. The molecule has 2 aromatic carbocycles. The number of ketones is 1. The van der Waals surface area contributed by atoms with Crippen LogP contribution >= 0.6 is 0 Å². The summed E-state index contributed by atoms with van der Waals surface area (Å²) >= 11 is 0. The van der Waals surface area contributed by atoms with Gasteiger partial charge in [0, 0.05) is 24.0 Å². The van der Waals surface area contributed by atoms with E-state index in [1.807, 2.05) is 18.2 Å². The van der Waals surface area contributed by atoms with Gasteiger partial charge in [-0.2, -0.15) is 0 Å². The number of aryl methyl sites for hydroxylation is 1. The zero-order chi connectivity index (χ0) is 27.2. The maximum Gasteiger partial charge on any atom is 0.508 e. The fourth-order valence-corrected chi connectivity index (χ4v) is 5.45. The number of carbonyl (C=O) groups is 2. The number of fused-ring (bicyclic) bond motifs is 1. The highest BCUT2D eigenvalue weighted by molar-refractivity contribution is 5.97. The van der Waals surface area contributed by atoms with Crippen molar-refractivity contribution in [3.05, 3.63) is 46.5 Å². The number of carboxylic acid groups (broad SMARTS) is 1. The molecule has 8 heteroatoms. The first-order chi connectivity index (χ1) is 18.3. The Labute approximate surface area is 224 Å². The van der Waals surface area contributed by atoms with Crippen LogP contribution in [0.1, 0.15) is 86.3 Å². The van der Waals surface area contributed by atoms with E-state index in [0.29, 0.717) is 29.9 Å². The lowest BCUT2D eigenvalue weighted by atomic mass is 9.98. The van der Waals surface area contributed by atoms with Gasteiger partial charge in [0.25, 0.3) is 0 Å². The molecule has 2 aliphatic rings. The molecule has 0 radical (unpaired) electrons. The van der Waals surface area contributed by atoms with Gasteiger partial charge < -0.3 is 28.8 Å². The van der Waals surface area contributed by atoms with Crippen molar-refractivity contribution in [2.75, 3.05) is 7.11 Å². The van der Waals surface area contributed by atoms with Crippen LogP contribution in [0.3, 0.4) is 0 Å². The summed E-state index contributed by atoms with van der Waals surface area (Å²) in [5, 5.41) is 9.01. The van der Waals surface area contributed by atoms with Crippen LogP contribution in [0.2, 0.25) is 0 Å². The molecular formula is C30H38O8. The van der Waals surface area contributed by atoms with Crippen LogP contribution in [0, 0.1) is 0 Å². The number of methoxy groups -OCH3 is 1. The lowest BCUT2D eigenvalue weighted by molar-refractivity contribution is -0.0640. The van der Waals surface area contributed by atoms with Crippen LogP contribution in [0.4, 0.5) is 4.79 Å². The van der Waals surface area contributed by atoms with E-state index >= 15 is 0 Å². The number of hydrogen-bond donors (Lipinski definition) is 1. The van der Waals surface area contributed by atoms with Gasteiger partial charge in [0.1, 0.15) is 35.2 Å². The molecule has 0 spiro atoms. The maximum atomic E-state index is 12.1. The highest BCUT2D eigenvalue weighted by Gasteiger charge is 2.31. The average Bonchev–Trinajstić information content (AvgIpc) is 3.32. The molecule has 0 amide bonds. The molecule has 0 bridgehead atoms. The second-order valence-corrected chi connectivity index (χ2v) is 9.97. The molecule has 1 aliphatic carbocycles. The van der Waals surface area contributed by atoms with E-state index in [1.54, 1.807) is 20.1 Å². The van der Waals surface area contributed by atoms with E-state index in [-0.39, 0.29) is 18.0 Å². The van der Waals surface area contributed by atoms with E-state index in [4.69, 9.17) is 28.8 Å². The van der Waals surface area contributed by atoms with Crippen LogP contribution < -0.4 is 18.9 Å². The Balaban J connectivity index is 1.49.